The highest BCUT2D eigenvalue weighted by Crippen LogP contribution is 2.29. The molecule has 0 spiro atoms. The van der Waals surface area contributed by atoms with Gasteiger partial charge in [0.25, 0.3) is 5.91 Å². The molecule has 0 radical (unpaired) electrons. The third-order valence-electron chi connectivity index (χ3n) is 4.55. The highest BCUT2D eigenvalue weighted by Gasteiger charge is 2.34. The first kappa shape index (κ1) is 19.2. The van der Waals surface area contributed by atoms with Gasteiger partial charge in [0.2, 0.25) is 10.0 Å². The smallest absolute Gasteiger partial charge is 0.273 e. The van der Waals surface area contributed by atoms with Crippen molar-refractivity contribution in [1.29, 1.82) is 0 Å². The van der Waals surface area contributed by atoms with Gasteiger partial charge in [-0.2, -0.15) is 4.31 Å². The number of thiazole rings is 1. The van der Waals surface area contributed by atoms with E-state index >= 15 is 0 Å². The molecule has 4 heterocycles. The van der Waals surface area contributed by atoms with Crippen molar-refractivity contribution in [1.82, 2.24) is 19.3 Å². The highest BCUT2D eigenvalue weighted by atomic mass is 32.2. The zero-order valence-corrected chi connectivity index (χ0v) is 17.7. The summed E-state index contributed by atoms with van der Waals surface area (Å²) in [5.74, 6) is 0.105. The zero-order chi connectivity index (χ0) is 19.9. The number of amides is 1. The van der Waals surface area contributed by atoms with E-state index in [1.807, 2.05) is 17.5 Å². The minimum absolute atomic E-state index is 0.118. The molecular weight excluding hydrogens is 420 g/mol. The lowest BCUT2D eigenvalue weighted by Gasteiger charge is -2.33. The second kappa shape index (κ2) is 7.39. The maximum atomic E-state index is 12.9. The molecule has 0 saturated carbocycles. The Labute approximate surface area is 170 Å². The molecule has 8 nitrogen and oxygen atoms in total. The van der Waals surface area contributed by atoms with Gasteiger partial charge in [-0.25, -0.2) is 13.4 Å². The fraction of sp³-hybridized carbons (Fsp3) is 0.353. The standard InChI is InChI=1S/C17H18N4O4S3/c1-11-15(12(2)25-19-11)28(23,24)21-7-5-20(6-8-21)17(22)13-10-27-16(18-13)14-4-3-9-26-14/h3-4,9-10H,5-8H2,1-2H3. The monoisotopic (exact) mass is 438 g/mol. The first-order valence-corrected chi connectivity index (χ1v) is 11.8. The number of aryl methyl sites for hydroxylation is 2. The van der Waals surface area contributed by atoms with Gasteiger partial charge in [-0.3, -0.25) is 4.79 Å². The molecule has 3 aromatic rings. The average molecular weight is 439 g/mol. The zero-order valence-electron chi connectivity index (χ0n) is 15.3. The Bertz CT molecular complexity index is 1070. The van der Waals surface area contributed by atoms with Crippen molar-refractivity contribution in [2.24, 2.45) is 0 Å². The lowest BCUT2D eigenvalue weighted by atomic mass is 10.3. The molecule has 28 heavy (non-hydrogen) atoms. The van der Waals surface area contributed by atoms with Crippen LogP contribution in [0.25, 0.3) is 9.88 Å². The van der Waals surface area contributed by atoms with E-state index in [1.54, 1.807) is 35.5 Å². The molecule has 1 aliphatic heterocycles. The summed E-state index contributed by atoms with van der Waals surface area (Å²) < 4.78 is 32.1. The van der Waals surface area contributed by atoms with Gasteiger partial charge in [0.1, 0.15) is 21.3 Å². The van der Waals surface area contributed by atoms with Crippen LogP contribution in [0.15, 0.2) is 32.3 Å². The first-order chi connectivity index (χ1) is 13.4. The van der Waals surface area contributed by atoms with Gasteiger partial charge in [-0.05, 0) is 25.3 Å². The third-order valence-corrected chi connectivity index (χ3v) is 8.57. The van der Waals surface area contributed by atoms with Gasteiger partial charge in [0, 0.05) is 31.6 Å². The summed E-state index contributed by atoms with van der Waals surface area (Å²) in [6.07, 6.45) is 0. The van der Waals surface area contributed by atoms with Gasteiger partial charge in [-0.15, -0.1) is 22.7 Å². The Morgan fingerprint density at radius 3 is 2.54 bits per heavy atom. The molecule has 0 aromatic carbocycles. The van der Waals surface area contributed by atoms with Crippen LogP contribution in [0, 0.1) is 13.8 Å². The summed E-state index contributed by atoms with van der Waals surface area (Å²) in [6.45, 7) is 4.26. The Kier molecular flexibility index (Phi) is 5.08. The van der Waals surface area contributed by atoms with E-state index < -0.39 is 10.0 Å². The summed E-state index contributed by atoms with van der Waals surface area (Å²) >= 11 is 3.01. The van der Waals surface area contributed by atoms with Crippen LogP contribution >= 0.6 is 22.7 Å². The number of carbonyl (C=O) groups excluding carboxylic acids is 1. The predicted molar refractivity (Wildman–Crippen MR) is 106 cm³/mol. The van der Waals surface area contributed by atoms with Gasteiger partial charge < -0.3 is 9.42 Å². The molecule has 1 amide bonds. The summed E-state index contributed by atoms with van der Waals surface area (Å²) in [7, 11) is -3.69. The number of hydrogen-bond acceptors (Lipinski definition) is 8. The van der Waals surface area contributed by atoms with Crippen molar-refractivity contribution in [3.8, 4) is 9.88 Å². The van der Waals surface area contributed by atoms with Crippen LogP contribution in [0.2, 0.25) is 0 Å². The number of carbonyl (C=O) groups is 1. The number of nitrogens with zero attached hydrogens (tertiary/aromatic N) is 4. The number of aromatic nitrogens is 2. The third kappa shape index (κ3) is 3.39. The molecule has 0 unspecified atom stereocenters. The predicted octanol–water partition coefficient (Wildman–Crippen LogP) is 2.62. The molecule has 4 rings (SSSR count). The lowest BCUT2D eigenvalue weighted by Crippen LogP contribution is -2.50. The van der Waals surface area contributed by atoms with Gasteiger partial charge in [0.05, 0.1) is 4.88 Å². The van der Waals surface area contributed by atoms with Gasteiger partial charge >= 0.3 is 0 Å². The SMILES string of the molecule is Cc1noc(C)c1S(=O)(=O)N1CCN(C(=O)c2csc(-c3cccs3)n2)CC1. The average Bonchev–Trinajstić information content (AvgIpc) is 3.42. The molecule has 1 fully saturated rings. The molecule has 1 saturated heterocycles. The van der Waals surface area contributed by atoms with Crippen molar-refractivity contribution >= 4 is 38.6 Å². The van der Waals surface area contributed by atoms with Crippen LogP contribution in [-0.2, 0) is 10.0 Å². The maximum absolute atomic E-state index is 12.9. The van der Waals surface area contributed by atoms with Crippen LogP contribution in [0.4, 0.5) is 0 Å². The van der Waals surface area contributed by atoms with Gasteiger partial charge in [0.15, 0.2) is 5.76 Å². The number of piperazine rings is 1. The van der Waals surface area contributed by atoms with E-state index in [1.165, 1.54) is 15.6 Å². The van der Waals surface area contributed by atoms with Crippen LogP contribution in [0.5, 0.6) is 0 Å². The van der Waals surface area contributed by atoms with Crippen molar-refractivity contribution in [3.05, 3.63) is 40.0 Å². The van der Waals surface area contributed by atoms with E-state index in [2.05, 4.69) is 10.1 Å². The maximum Gasteiger partial charge on any atom is 0.273 e. The number of thiophene rings is 1. The number of hydrogen-bond donors (Lipinski definition) is 0. The van der Waals surface area contributed by atoms with Crippen molar-refractivity contribution < 1.29 is 17.7 Å². The summed E-state index contributed by atoms with van der Waals surface area (Å²) in [6, 6.07) is 3.91. The molecular formula is C17H18N4O4S3. The number of rotatable bonds is 4. The summed E-state index contributed by atoms with van der Waals surface area (Å²) in [4.78, 5) is 20.0. The fourth-order valence-electron chi connectivity index (χ4n) is 3.15. The molecule has 148 valence electrons. The summed E-state index contributed by atoms with van der Waals surface area (Å²) in [5.41, 5.74) is 0.745. The van der Waals surface area contributed by atoms with Crippen molar-refractivity contribution in [3.63, 3.8) is 0 Å². The normalized spacial score (nSPS) is 15.9. The number of sulfonamides is 1. The highest BCUT2D eigenvalue weighted by molar-refractivity contribution is 7.89. The second-order valence-electron chi connectivity index (χ2n) is 6.36. The Balaban J connectivity index is 1.45. The van der Waals surface area contributed by atoms with E-state index in [4.69, 9.17) is 4.52 Å². The van der Waals surface area contributed by atoms with E-state index in [0.717, 1.165) is 9.88 Å². The Hall–Kier alpha value is -2.08. The Morgan fingerprint density at radius 2 is 1.93 bits per heavy atom. The fourth-order valence-corrected chi connectivity index (χ4v) is 6.47. The second-order valence-corrected chi connectivity index (χ2v) is 10.0. The largest absolute Gasteiger partial charge is 0.360 e. The van der Waals surface area contributed by atoms with Crippen LogP contribution < -0.4 is 0 Å². The van der Waals surface area contributed by atoms with Crippen molar-refractivity contribution in [2.45, 2.75) is 18.7 Å². The molecule has 3 aromatic heterocycles. The van der Waals surface area contributed by atoms with E-state index in [9.17, 15) is 13.2 Å². The molecule has 11 heteroatoms. The Morgan fingerprint density at radius 1 is 1.18 bits per heavy atom. The topological polar surface area (TPSA) is 96.6 Å². The van der Waals surface area contributed by atoms with Crippen LogP contribution in [0.3, 0.4) is 0 Å². The molecule has 0 bridgehead atoms. The van der Waals surface area contributed by atoms with E-state index in [-0.39, 0.29) is 29.7 Å². The summed E-state index contributed by atoms with van der Waals surface area (Å²) in [5, 5.41) is 8.27. The van der Waals surface area contributed by atoms with Gasteiger partial charge in [-0.1, -0.05) is 11.2 Å². The molecule has 0 aliphatic carbocycles. The van der Waals surface area contributed by atoms with Crippen LogP contribution in [-0.4, -0.2) is 59.8 Å². The van der Waals surface area contributed by atoms with Crippen LogP contribution in [0.1, 0.15) is 21.9 Å². The van der Waals surface area contributed by atoms with E-state index in [0.29, 0.717) is 24.5 Å². The minimum atomic E-state index is -3.69. The molecule has 0 N–H and O–H groups in total. The quantitative estimate of drug-likeness (QED) is 0.621. The minimum Gasteiger partial charge on any atom is -0.360 e. The molecule has 0 atom stereocenters. The molecule has 1 aliphatic rings. The lowest BCUT2D eigenvalue weighted by molar-refractivity contribution is 0.0693. The first-order valence-electron chi connectivity index (χ1n) is 8.59. The van der Waals surface area contributed by atoms with Crippen molar-refractivity contribution in [2.75, 3.05) is 26.2 Å².